The molecule has 2 nitrogen and oxygen atoms in total. The topological polar surface area (TPSA) is 21.3 Å². The van der Waals surface area contributed by atoms with Crippen LogP contribution in [0.4, 0.5) is 0 Å². The molecule has 0 bridgehead atoms. The van der Waals surface area contributed by atoms with Gasteiger partial charge >= 0.3 is 0 Å². The lowest BCUT2D eigenvalue weighted by molar-refractivity contribution is 0.410. The molecule has 2 aromatic carbocycles. The van der Waals surface area contributed by atoms with Gasteiger partial charge in [-0.3, -0.25) is 0 Å². The van der Waals surface area contributed by atoms with Gasteiger partial charge < -0.3 is 10.1 Å². The van der Waals surface area contributed by atoms with E-state index in [-0.39, 0.29) is 6.04 Å². The van der Waals surface area contributed by atoms with E-state index in [1.165, 1.54) is 11.1 Å². The van der Waals surface area contributed by atoms with Crippen molar-refractivity contribution in [1.82, 2.24) is 5.32 Å². The van der Waals surface area contributed by atoms with Crippen molar-refractivity contribution in [2.24, 2.45) is 0 Å². The monoisotopic (exact) mass is 241 g/mol. The molecule has 0 radical (unpaired) electrons. The van der Waals surface area contributed by atoms with Gasteiger partial charge in [0.1, 0.15) is 5.75 Å². The van der Waals surface area contributed by atoms with Crippen LogP contribution in [0.1, 0.15) is 22.7 Å². The molecule has 0 aliphatic carbocycles. The van der Waals surface area contributed by atoms with Gasteiger partial charge in [-0.05, 0) is 36.7 Å². The number of methoxy groups -OCH3 is 1. The summed E-state index contributed by atoms with van der Waals surface area (Å²) in [7, 11) is 3.69. The van der Waals surface area contributed by atoms with Crippen molar-refractivity contribution in [3.05, 3.63) is 65.2 Å². The molecule has 2 heteroatoms. The molecule has 0 aliphatic rings. The van der Waals surface area contributed by atoms with Gasteiger partial charge in [0, 0.05) is 0 Å². The van der Waals surface area contributed by atoms with Crippen LogP contribution in [0.5, 0.6) is 5.75 Å². The molecule has 0 aromatic heterocycles. The van der Waals surface area contributed by atoms with E-state index in [0.717, 1.165) is 11.3 Å². The Kier molecular flexibility index (Phi) is 4.00. The second-order valence-corrected chi connectivity index (χ2v) is 4.36. The fourth-order valence-corrected chi connectivity index (χ4v) is 2.19. The van der Waals surface area contributed by atoms with E-state index in [1.807, 2.05) is 13.1 Å². The molecule has 1 unspecified atom stereocenters. The van der Waals surface area contributed by atoms with Gasteiger partial charge in [0.05, 0.1) is 13.2 Å². The van der Waals surface area contributed by atoms with Gasteiger partial charge in [0.15, 0.2) is 0 Å². The van der Waals surface area contributed by atoms with Crippen LogP contribution in [0.3, 0.4) is 0 Å². The Morgan fingerprint density at radius 2 is 1.72 bits per heavy atom. The highest BCUT2D eigenvalue weighted by atomic mass is 16.5. The molecule has 18 heavy (non-hydrogen) atoms. The van der Waals surface area contributed by atoms with E-state index in [2.05, 4.69) is 54.7 Å². The molecule has 0 heterocycles. The van der Waals surface area contributed by atoms with Gasteiger partial charge in [-0.2, -0.15) is 0 Å². The van der Waals surface area contributed by atoms with Crippen molar-refractivity contribution in [2.75, 3.05) is 14.2 Å². The molecule has 1 atom stereocenters. The molecule has 2 aromatic rings. The first-order chi connectivity index (χ1) is 8.76. The molecule has 0 amide bonds. The molecule has 2 rings (SSSR count). The van der Waals surface area contributed by atoms with Crippen molar-refractivity contribution in [3.63, 3.8) is 0 Å². The minimum Gasteiger partial charge on any atom is -0.496 e. The van der Waals surface area contributed by atoms with E-state index in [0.29, 0.717) is 0 Å². The van der Waals surface area contributed by atoms with Crippen LogP contribution in [0.15, 0.2) is 48.5 Å². The van der Waals surface area contributed by atoms with Crippen LogP contribution in [-0.4, -0.2) is 14.2 Å². The minimum atomic E-state index is 0.195. The van der Waals surface area contributed by atoms with Crippen LogP contribution in [0.2, 0.25) is 0 Å². The summed E-state index contributed by atoms with van der Waals surface area (Å²) in [6, 6.07) is 17.0. The molecule has 0 fully saturated rings. The third-order valence-electron chi connectivity index (χ3n) is 3.19. The fraction of sp³-hybridized carbons (Fsp3) is 0.250. The Morgan fingerprint density at radius 1 is 1.00 bits per heavy atom. The summed E-state index contributed by atoms with van der Waals surface area (Å²) in [5.41, 5.74) is 3.63. The number of aryl methyl sites for hydroxylation is 1. The van der Waals surface area contributed by atoms with Gasteiger partial charge in [-0.15, -0.1) is 0 Å². The molecular formula is C16H19NO. The van der Waals surface area contributed by atoms with Crippen LogP contribution >= 0.6 is 0 Å². The zero-order chi connectivity index (χ0) is 13.0. The van der Waals surface area contributed by atoms with E-state index in [9.17, 15) is 0 Å². The van der Waals surface area contributed by atoms with E-state index < -0.39 is 0 Å². The van der Waals surface area contributed by atoms with Crippen molar-refractivity contribution >= 4 is 0 Å². The first kappa shape index (κ1) is 12.7. The summed E-state index contributed by atoms with van der Waals surface area (Å²) in [6.07, 6.45) is 0. The van der Waals surface area contributed by atoms with Gasteiger partial charge in [0.25, 0.3) is 0 Å². The summed E-state index contributed by atoms with van der Waals surface area (Å²) < 4.78 is 5.39. The number of hydrogen-bond acceptors (Lipinski definition) is 2. The Labute approximate surface area is 109 Å². The molecule has 0 saturated heterocycles. The van der Waals surface area contributed by atoms with Crippen molar-refractivity contribution in [1.29, 1.82) is 0 Å². The summed E-state index contributed by atoms with van der Waals surface area (Å²) in [4.78, 5) is 0. The summed E-state index contributed by atoms with van der Waals surface area (Å²) in [5.74, 6) is 0.934. The number of hydrogen-bond donors (Lipinski definition) is 1. The molecule has 1 N–H and O–H groups in total. The number of rotatable bonds is 4. The predicted octanol–water partition coefficient (Wildman–Crippen LogP) is 3.31. The highest BCUT2D eigenvalue weighted by Gasteiger charge is 2.12. The zero-order valence-electron chi connectivity index (χ0n) is 11.1. The Bertz CT molecular complexity index is 508. The smallest absolute Gasteiger partial charge is 0.122 e. The van der Waals surface area contributed by atoms with E-state index >= 15 is 0 Å². The van der Waals surface area contributed by atoms with Gasteiger partial charge in [0.2, 0.25) is 0 Å². The molecular weight excluding hydrogens is 222 g/mol. The van der Waals surface area contributed by atoms with Gasteiger partial charge in [-0.1, -0.05) is 42.5 Å². The van der Waals surface area contributed by atoms with Gasteiger partial charge in [-0.25, -0.2) is 0 Å². The van der Waals surface area contributed by atoms with E-state index in [1.54, 1.807) is 7.11 Å². The largest absolute Gasteiger partial charge is 0.496 e. The maximum absolute atomic E-state index is 5.39. The Hall–Kier alpha value is -1.80. The molecule has 94 valence electrons. The third-order valence-corrected chi connectivity index (χ3v) is 3.19. The standard InChI is InChI=1S/C16H19NO/c1-12-9-10-14(11-15(12)18-3)16(17-2)13-7-5-4-6-8-13/h4-11,16-17H,1-3H3. The lowest BCUT2D eigenvalue weighted by Crippen LogP contribution is -2.17. The minimum absolute atomic E-state index is 0.195. The highest BCUT2D eigenvalue weighted by molar-refractivity contribution is 5.41. The fourth-order valence-electron chi connectivity index (χ4n) is 2.19. The van der Waals surface area contributed by atoms with Crippen LogP contribution in [-0.2, 0) is 0 Å². The average Bonchev–Trinajstić information content (AvgIpc) is 2.42. The van der Waals surface area contributed by atoms with Crippen LogP contribution < -0.4 is 10.1 Å². The van der Waals surface area contributed by atoms with Crippen molar-refractivity contribution in [3.8, 4) is 5.75 Å². The first-order valence-corrected chi connectivity index (χ1v) is 6.13. The van der Waals surface area contributed by atoms with Crippen LogP contribution in [0, 0.1) is 6.92 Å². The normalized spacial score (nSPS) is 12.2. The maximum atomic E-state index is 5.39. The van der Waals surface area contributed by atoms with E-state index in [4.69, 9.17) is 4.74 Å². The molecule has 0 spiro atoms. The zero-order valence-corrected chi connectivity index (χ0v) is 11.1. The lowest BCUT2D eigenvalue weighted by atomic mass is 9.97. The number of nitrogens with one attached hydrogen (secondary N) is 1. The first-order valence-electron chi connectivity index (χ1n) is 6.13. The maximum Gasteiger partial charge on any atom is 0.122 e. The SMILES string of the molecule is CNC(c1ccccc1)c1ccc(C)c(OC)c1. The number of ether oxygens (including phenoxy) is 1. The lowest BCUT2D eigenvalue weighted by Gasteiger charge is -2.18. The third kappa shape index (κ3) is 2.54. The summed E-state index contributed by atoms with van der Waals surface area (Å²) in [6.45, 7) is 2.06. The second kappa shape index (κ2) is 5.69. The second-order valence-electron chi connectivity index (χ2n) is 4.36. The Morgan fingerprint density at radius 3 is 2.33 bits per heavy atom. The van der Waals surface area contributed by atoms with Crippen molar-refractivity contribution < 1.29 is 4.74 Å². The van der Waals surface area contributed by atoms with Crippen molar-refractivity contribution in [2.45, 2.75) is 13.0 Å². The van der Waals surface area contributed by atoms with Crippen LogP contribution in [0.25, 0.3) is 0 Å². The summed E-state index contributed by atoms with van der Waals surface area (Å²) >= 11 is 0. The quantitative estimate of drug-likeness (QED) is 0.886. The molecule has 0 aliphatic heterocycles. The summed E-state index contributed by atoms with van der Waals surface area (Å²) in [5, 5.41) is 3.35. The average molecular weight is 241 g/mol. The Balaban J connectivity index is 2.39. The molecule has 0 saturated carbocycles. The number of benzene rings is 2. The highest BCUT2D eigenvalue weighted by Crippen LogP contribution is 2.27. The predicted molar refractivity (Wildman–Crippen MR) is 75.1 cm³/mol.